The highest BCUT2D eigenvalue weighted by Crippen LogP contribution is 2.24. The largest absolute Gasteiger partial charge is 0.484 e. The summed E-state index contributed by atoms with van der Waals surface area (Å²) >= 11 is 0. The highest BCUT2D eigenvalue weighted by molar-refractivity contribution is 5.94. The van der Waals surface area contributed by atoms with E-state index in [9.17, 15) is 13.6 Å². The van der Waals surface area contributed by atoms with E-state index in [1.54, 1.807) is 0 Å². The minimum Gasteiger partial charge on any atom is -0.484 e. The van der Waals surface area contributed by atoms with Crippen molar-refractivity contribution in [2.45, 2.75) is 19.6 Å². The lowest BCUT2D eigenvalue weighted by molar-refractivity contribution is 0.0708. The van der Waals surface area contributed by atoms with Gasteiger partial charge in [-0.2, -0.15) is 0 Å². The molecule has 0 radical (unpaired) electrons. The summed E-state index contributed by atoms with van der Waals surface area (Å²) in [5.74, 6) is -0.843. The zero-order valence-electron chi connectivity index (χ0n) is 14.3. The van der Waals surface area contributed by atoms with Crippen LogP contribution in [-0.4, -0.2) is 22.3 Å². The van der Waals surface area contributed by atoms with E-state index in [4.69, 9.17) is 9.15 Å². The molecule has 2 heterocycles. The van der Waals surface area contributed by atoms with Gasteiger partial charge in [-0.15, -0.1) is 0 Å². The molecule has 0 bridgehead atoms. The normalized spacial score (nSPS) is 13.3. The van der Waals surface area contributed by atoms with Crippen LogP contribution in [0.1, 0.15) is 27.7 Å². The minimum absolute atomic E-state index is 0.111. The van der Waals surface area contributed by atoms with Crippen molar-refractivity contribution in [2.24, 2.45) is 0 Å². The van der Waals surface area contributed by atoms with Gasteiger partial charge in [0.25, 0.3) is 5.91 Å². The van der Waals surface area contributed by atoms with Crippen LogP contribution in [0.4, 0.5) is 8.78 Å². The monoisotopic (exact) mass is 370 g/mol. The van der Waals surface area contributed by atoms with Gasteiger partial charge in [0.1, 0.15) is 28.7 Å². The number of fused-ring (bicyclic) bond motifs is 1. The average Bonchev–Trinajstić information content (AvgIpc) is 3.09. The maximum atomic E-state index is 13.9. The van der Waals surface area contributed by atoms with Gasteiger partial charge < -0.3 is 14.1 Å². The molecule has 0 fully saturated rings. The first-order chi connectivity index (χ1) is 13.1. The summed E-state index contributed by atoms with van der Waals surface area (Å²) < 4.78 is 39.1. The Hall–Kier alpha value is -3.22. The maximum Gasteiger partial charge on any atom is 0.260 e. The first-order valence-electron chi connectivity index (χ1n) is 8.50. The van der Waals surface area contributed by atoms with Crippen molar-refractivity contribution < 1.29 is 22.7 Å². The standard InChI is InChI=1S/C20H16F2N2O3/c21-14-7-4-8-15(22)19(14)20(25)24-10-9-16-17(11-24)27-18(23-16)12-26-13-5-2-1-3-6-13/h1-8H,9-12H2. The van der Waals surface area contributed by atoms with Crippen LogP contribution in [0, 0.1) is 11.6 Å². The SMILES string of the molecule is O=C(c1c(F)cccc1F)N1CCc2nc(COc3ccccc3)oc2C1. The zero-order valence-corrected chi connectivity index (χ0v) is 14.3. The summed E-state index contributed by atoms with van der Waals surface area (Å²) in [6, 6.07) is 12.6. The number of aromatic nitrogens is 1. The van der Waals surface area contributed by atoms with Crippen molar-refractivity contribution in [1.82, 2.24) is 9.88 Å². The predicted molar refractivity (Wildman–Crippen MR) is 92.1 cm³/mol. The summed E-state index contributed by atoms with van der Waals surface area (Å²) in [5.41, 5.74) is 0.188. The zero-order chi connectivity index (χ0) is 18.8. The van der Waals surface area contributed by atoms with Gasteiger partial charge in [0.2, 0.25) is 5.89 Å². The number of amides is 1. The van der Waals surface area contributed by atoms with Crippen LogP contribution in [0.5, 0.6) is 5.75 Å². The minimum atomic E-state index is -0.875. The lowest BCUT2D eigenvalue weighted by Crippen LogP contribution is -2.36. The molecule has 0 aliphatic carbocycles. The molecule has 3 aromatic rings. The molecule has 27 heavy (non-hydrogen) atoms. The number of carbonyl (C=O) groups is 1. The Balaban J connectivity index is 1.47. The second-order valence-corrected chi connectivity index (χ2v) is 6.15. The Morgan fingerprint density at radius 3 is 2.59 bits per heavy atom. The molecule has 0 atom stereocenters. The van der Waals surface area contributed by atoms with E-state index >= 15 is 0 Å². The number of hydrogen-bond donors (Lipinski definition) is 0. The second-order valence-electron chi connectivity index (χ2n) is 6.15. The van der Waals surface area contributed by atoms with Crippen LogP contribution in [0.3, 0.4) is 0 Å². The molecule has 0 saturated carbocycles. The van der Waals surface area contributed by atoms with Crippen molar-refractivity contribution in [2.75, 3.05) is 6.54 Å². The third-order valence-corrected chi connectivity index (χ3v) is 4.34. The van der Waals surface area contributed by atoms with Gasteiger partial charge in [0.15, 0.2) is 6.61 Å². The number of oxazole rings is 1. The summed E-state index contributed by atoms with van der Waals surface area (Å²) in [4.78, 5) is 18.3. The molecule has 7 heteroatoms. The predicted octanol–water partition coefficient (Wildman–Crippen LogP) is 3.73. The quantitative estimate of drug-likeness (QED) is 0.702. The van der Waals surface area contributed by atoms with Crippen molar-refractivity contribution in [1.29, 1.82) is 0 Å². The molecule has 4 rings (SSSR count). The van der Waals surface area contributed by atoms with Crippen molar-refractivity contribution in [3.63, 3.8) is 0 Å². The van der Waals surface area contributed by atoms with Gasteiger partial charge in [-0.1, -0.05) is 24.3 Å². The van der Waals surface area contributed by atoms with Gasteiger partial charge in [0.05, 0.1) is 12.2 Å². The summed E-state index contributed by atoms with van der Waals surface area (Å²) in [7, 11) is 0. The van der Waals surface area contributed by atoms with E-state index in [0.717, 1.165) is 17.8 Å². The second kappa shape index (κ2) is 7.19. The number of carbonyl (C=O) groups excluding carboxylic acids is 1. The molecule has 0 saturated heterocycles. The summed E-state index contributed by atoms with van der Waals surface area (Å²) in [6.45, 7) is 0.582. The number of para-hydroxylation sites is 1. The Morgan fingerprint density at radius 1 is 1.11 bits per heavy atom. The lowest BCUT2D eigenvalue weighted by Gasteiger charge is -2.25. The maximum absolute atomic E-state index is 13.9. The fourth-order valence-electron chi connectivity index (χ4n) is 3.01. The molecule has 1 amide bonds. The number of benzene rings is 2. The molecule has 1 aliphatic heterocycles. The highest BCUT2D eigenvalue weighted by Gasteiger charge is 2.29. The smallest absolute Gasteiger partial charge is 0.260 e. The lowest BCUT2D eigenvalue weighted by atomic mass is 10.1. The van der Waals surface area contributed by atoms with Gasteiger partial charge in [-0.3, -0.25) is 4.79 Å². The molecular formula is C20H16F2N2O3. The third-order valence-electron chi connectivity index (χ3n) is 4.34. The van der Waals surface area contributed by atoms with E-state index < -0.39 is 23.1 Å². The highest BCUT2D eigenvalue weighted by atomic mass is 19.1. The molecule has 138 valence electrons. The van der Waals surface area contributed by atoms with Crippen LogP contribution < -0.4 is 4.74 Å². The molecule has 0 N–H and O–H groups in total. The Bertz CT molecular complexity index is 952. The molecule has 0 spiro atoms. The van der Waals surface area contributed by atoms with Crippen molar-refractivity contribution in [3.8, 4) is 5.75 Å². The fourth-order valence-corrected chi connectivity index (χ4v) is 3.01. The molecule has 0 unspecified atom stereocenters. The van der Waals surface area contributed by atoms with E-state index in [-0.39, 0.29) is 13.2 Å². The van der Waals surface area contributed by atoms with E-state index in [2.05, 4.69) is 4.98 Å². The third kappa shape index (κ3) is 3.53. The molecule has 5 nitrogen and oxygen atoms in total. The summed E-state index contributed by atoms with van der Waals surface area (Å²) in [6.07, 6.45) is 0.450. The fraction of sp³-hybridized carbons (Fsp3) is 0.200. The molecule has 2 aromatic carbocycles. The van der Waals surface area contributed by atoms with Crippen molar-refractivity contribution in [3.05, 3.63) is 83.1 Å². The van der Waals surface area contributed by atoms with Gasteiger partial charge in [-0.25, -0.2) is 13.8 Å². The Labute approximate surface area is 154 Å². The van der Waals surface area contributed by atoms with E-state index in [0.29, 0.717) is 30.4 Å². The molecular weight excluding hydrogens is 354 g/mol. The van der Waals surface area contributed by atoms with Crippen LogP contribution in [0.2, 0.25) is 0 Å². The van der Waals surface area contributed by atoms with Crippen LogP contribution >= 0.6 is 0 Å². The van der Waals surface area contributed by atoms with Gasteiger partial charge in [-0.05, 0) is 24.3 Å². The first-order valence-corrected chi connectivity index (χ1v) is 8.50. The summed E-state index contributed by atoms with van der Waals surface area (Å²) in [5, 5.41) is 0. The van der Waals surface area contributed by atoms with Crippen LogP contribution in [0.15, 0.2) is 52.9 Å². The Kier molecular flexibility index (Phi) is 4.58. The van der Waals surface area contributed by atoms with Crippen LogP contribution in [-0.2, 0) is 19.6 Å². The number of halogens is 2. The van der Waals surface area contributed by atoms with Crippen LogP contribution in [0.25, 0.3) is 0 Å². The number of nitrogens with zero attached hydrogens (tertiary/aromatic N) is 2. The topological polar surface area (TPSA) is 55.6 Å². The average molecular weight is 370 g/mol. The molecule has 1 aromatic heterocycles. The Morgan fingerprint density at radius 2 is 1.85 bits per heavy atom. The van der Waals surface area contributed by atoms with Gasteiger partial charge >= 0.3 is 0 Å². The number of rotatable bonds is 4. The number of ether oxygens (including phenoxy) is 1. The van der Waals surface area contributed by atoms with E-state index in [1.165, 1.54) is 11.0 Å². The first kappa shape index (κ1) is 17.2. The molecule has 1 aliphatic rings. The van der Waals surface area contributed by atoms with Gasteiger partial charge in [0, 0.05) is 13.0 Å². The number of hydrogen-bond acceptors (Lipinski definition) is 4. The van der Waals surface area contributed by atoms with E-state index in [1.807, 2.05) is 30.3 Å². The van der Waals surface area contributed by atoms with Crippen molar-refractivity contribution >= 4 is 5.91 Å².